The molecule has 106 valence electrons. The number of rotatable bonds is 3. The number of aryl methyl sites for hydroxylation is 1. The number of methoxy groups -OCH3 is 1. The van der Waals surface area contributed by atoms with E-state index in [-0.39, 0.29) is 11.9 Å². The Bertz CT molecular complexity index is 651. The summed E-state index contributed by atoms with van der Waals surface area (Å²) in [6.07, 6.45) is 3.10. The summed E-state index contributed by atoms with van der Waals surface area (Å²) in [4.78, 5) is 15.1. The summed E-state index contributed by atoms with van der Waals surface area (Å²) in [5.41, 5.74) is 3.56. The highest BCUT2D eigenvalue weighted by molar-refractivity contribution is 9.09. The van der Waals surface area contributed by atoms with Crippen molar-refractivity contribution >= 4 is 32.7 Å². The first-order chi connectivity index (χ1) is 9.72. The maximum Gasteiger partial charge on any atom is 0.231 e. The van der Waals surface area contributed by atoms with Gasteiger partial charge in [0.25, 0.3) is 0 Å². The summed E-state index contributed by atoms with van der Waals surface area (Å²) < 4.78 is 5.31. The zero-order chi connectivity index (χ0) is 14.1. The number of carbonyl (C=O) groups excluding carboxylic acids is 1. The maximum absolute atomic E-state index is 11.7. The second-order valence-electron chi connectivity index (χ2n) is 5.07. The first-order valence-corrected chi connectivity index (χ1v) is 7.89. The molecule has 1 aliphatic carbocycles. The van der Waals surface area contributed by atoms with Gasteiger partial charge in [0, 0.05) is 22.2 Å². The SMILES string of the molecule is COc1ccc2[nH]c3c(c2c1)C(NC(=O)CBr)CCC3. The molecular formula is C15H17BrN2O2. The monoisotopic (exact) mass is 336 g/mol. The highest BCUT2D eigenvalue weighted by atomic mass is 79.9. The van der Waals surface area contributed by atoms with E-state index >= 15 is 0 Å². The summed E-state index contributed by atoms with van der Waals surface area (Å²) in [7, 11) is 1.67. The van der Waals surface area contributed by atoms with Crippen LogP contribution in [-0.4, -0.2) is 23.3 Å². The third-order valence-electron chi connectivity index (χ3n) is 3.85. The van der Waals surface area contributed by atoms with E-state index in [1.54, 1.807) is 7.11 Å². The summed E-state index contributed by atoms with van der Waals surface area (Å²) in [5.74, 6) is 0.871. The number of alkyl halides is 1. The van der Waals surface area contributed by atoms with Crippen molar-refractivity contribution in [2.75, 3.05) is 12.4 Å². The molecule has 1 aromatic heterocycles. The van der Waals surface area contributed by atoms with Gasteiger partial charge < -0.3 is 15.0 Å². The Morgan fingerprint density at radius 1 is 1.55 bits per heavy atom. The number of fused-ring (bicyclic) bond motifs is 3. The van der Waals surface area contributed by atoms with Crippen molar-refractivity contribution in [3.63, 3.8) is 0 Å². The van der Waals surface area contributed by atoms with Crippen LogP contribution >= 0.6 is 15.9 Å². The van der Waals surface area contributed by atoms with Crippen molar-refractivity contribution in [3.05, 3.63) is 29.5 Å². The number of aromatic amines is 1. The number of aromatic nitrogens is 1. The van der Waals surface area contributed by atoms with Gasteiger partial charge >= 0.3 is 0 Å². The molecule has 1 aromatic carbocycles. The van der Waals surface area contributed by atoms with Crippen molar-refractivity contribution in [2.45, 2.75) is 25.3 Å². The van der Waals surface area contributed by atoms with Crippen LogP contribution in [-0.2, 0) is 11.2 Å². The Morgan fingerprint density at radius 3 is 3.15 bits per heavy atom. The smallest absolute Gasteiger partial charge is 0.231 e. The van der Waals surface area contributed by atoms with Gasteiger partial charge in [0.1, 0.15) is 5.75 Å². The Balaban J connectivity index is 2.07. The van der Waals surface area contributed by atoms with E-state index in [1.165, 1.54) is 11.3 Å². The number of halogens is 1. The molecule has 0 aliphatic heterocycles. The van der Waals surface area contributed by atoms with Gasteiger partial charge in [-0.1, -0.05) is 15.9 Å². The molecule has 1 unspecified atom stereocenters. The first-order valence-electron chi connectivity index (χ1n) is 6.76. The molecule has 5 heteroatoms. The van der Waals surface area contributed by atoms with Crippen molar-refractivity contribution in [1.29, 1.82) is 0 Å². The molecule has 0 fully saturated rings. The average molecular weight is 337 g/mol. The predicted octanol–water partition coefficient (Wildman–Crippen LogP) is 3.07. The molecule has 1 amide bonds. The molecule has 0 spiro atoms. The molecule has 20 heavy (non-hydrogen) atoms. The summed E-state index contributed by atoms with van der Waals surface area (Å²) >= 11 is 3.20. The lowest BCUT2D eigenvalue weighted by Crippen LogP contribution is -2.31. The summed E-state index contributed by atoms with van der Waals surface area (Å²) in [6, 6.07) is 6.12. The standard InChI is InChI=1S/C15H17BrN2O2/c1-20-9-5-6-11-10(7-9)15-12(17-11)3-2-4-13(15)18-14(19)8-16/h5-7,13,17H,2-4,8H2,1H3,(H,18,19). The molecule has 1 aliphatic rings. The molecule has 0 bridgehead atoms. The number of ether oxygens (including phenoxy) is 1. The van der Waals surface area contributed by atoms with Crippen molar-refractivity contribution in [3.8, 4) is 5.75 Å². The first kappa shape index (κ1) is 13.5. The van der Waals surface area contributed by atoms with Crippen LogP contribution < -0.4 is 10.1 Å². The molecule has 3 rings (SSSR count). The van der Waals surface area contributed by atoms with Crippen molar-refractivity contribution in [2.24, 2.45) is 0 Å². The number of benzene rings is 1. The second-order valence-corrected chi connectivity index (χ2v) is 5.64. The minimum Gasteiger partial charge on any atom is -0.497 e. The van der Waals surface area contributed by atoms with Crippen LogP contribution in [0.2, 0.25) is 0 Å². The van der Waals surface area contributed by atoms with Crippen molar-refractivity contribution < 1.29 is 9.53 Å². The van der Waals surface area contributed by atoms with Crippen LogP contribution in [0.4, 0.5) is 0 Å². The van der Waals surface area contributed by atoms with Gasteiger partial charge in [-0.2, -0.15) is 0 Å². The van der Waals surface area contributed by atoms with E-state index in [9.17, 15) is 4.79 Å². The molecule has 1 heterocycles. The fourth-order valence-corrected chi connectivity index (χ4v) is 3.14. The largest absolute Gasteiger partial charge is 0.497 e. The Labute approximate surface area is 126 Å². The van der Waals surface area contributed by atoms with Crippen LogP contribution in [0.25, 0.3) is 10.9 Å². The van der Waals surface area contributed by atoms with Gasteiger partial charge in [-0.05, 0) is 37.5 Å². The predicted molar refractivity (Wildman–Crippen MR) is 82.5 cm³/mol. The molecule has 2 aromatic rings. The number of amides is 1. The molecule has 2 N–H and O–H groups in total. The summed E-state index contributed by atoms with van der Waals surface area (Å²) in [6.45, 7) is 0. The van der Waals surface area contributed by atoms with E-state index in [1.807, 2.05) is 18.2 Å². The number of carbonyl (C=O) groups is 1. The number of hydrogen-bond acceptors (Lipinski definition) is 2. The Hall–Kier alpha value is -1.49. The maximum atomic E-state index is 11.7. The molecule has 1 atom stereocenters. The van der Waals surface area contributed by atoms with Crippen LogP contribution in [0, 0.1) is 0 Å². The zero-order valence-electron chi connectivity index (χ0n) is 11.3. The minimum atomic E-state index is 0.0279. The van der Waals surface area contributed by atoms with Gasteiger partial charge in [-0.15, -0.1) is 0 Å². The lowest BCUT2D eigenvalue weighted by atomic mass is 9.90. The van der Waals surface area contributed by atoms with Gasteiger partial charge in [-0.3, -0.25) is 4.79 Å². The summed E-state index contributed by atoms with van der Waals surface area (Å²) in [5, 5.41) is 4.58. The second kappa shape index (κ2) is 5.48. The van der Waals surface area contributed by atoms with Crippen LogP contribution in [0.15, 0.2) is 18.2 Å². The van der Waals surface area contributed by atoms with Gasteiger partial charge in [0.05, 0.1) is 18.5 Å². The molecule has 4 nitrogen and oxygen atoms in total. The van der Waals surface area contributed by atoms with E-state index in [2.05, 4.69) is 26.2 Å². The number of nitrogens with one attached hydrogen (secondary N) is 2. The van der Waals surface area contributed by atoms with Crippen LogP contribution in [0.1, 0.15) is 30.1 Å². The highest BCUT2D eigenvalue weighted by Crippen LogP contribution is 2.37. The van der Waals surface area contributed by atoms with Gasteiger partial charge in [-0.25, -0.2) is 0 Å². The third kappa shape index (κ3) is 2.30. The zero-order valence-corrected chi connectivity index (χ0v) is 12.9. The average Bonchev–Trinajstić information content (AvgIpc) is 2.85. The van der Waals surface area contributed by atoms with E-state index < -0.39 is 0 Å². The molecule has 0 saturated heterocycles. The molecule has 0 radical (unpaired) electrons. The van der Waals surface area contributed by atoms with E-state index in [4.69, 9.17) is 4.74 Å². The highest BCUT2D eigenvalue weighted by Gasteiger charge is 2.25. The van der Waals surface area contributed by atoms with Crippen LogP contribution in [0.5, 0.6) is 5.75 Å². The Morgan fingerprint density at radius 2 is 2.40 bits per heavy atom. The minimum absolute atomic E-state index is 0.0279. The fourth-order valence-electron chi connectivity index (χ4n) is 2.97. The van der Waals surface area contributed by atoms with Gasteiger partial charge in [0.2, 0.25) is 5.91 Å². The Kier molecular flexibility index (Phi) is 3.70. The topological polar surface area (TPSA) is 54.1 Å². The lowest BCUT2D eigenvalue weighted by Gasteiger charge is -2.24. The number of hydrogen-bond donors (Lipinski definition) is 2. The molecular weight excluding hydrogens is 320 g/mol. The number of H-pyrrole nitrogens is 1. The third-order valence-corrected chi connectivity index (χ3v) is 4.36. The van der Waals surface area contributed by atoms with E-state index in [0.717, 1.165) is 35.9 Å². The fraction of sp³-hybridized carbons (Fsp3) is 0.400. The molecule has 0 saturated carbocycles. The van der Waals surface area contributed by atoms with Crippen LogP contribution in [0.3, 0.4) is 0 Å². The van der Waals surface area contributed by atoms with E-state index in [0.29, 0.717) is 5.33 Å². The quantitative estimate of drug-likeness (QED) is 0.846. The van der Waals surface area contributed by atoms with Gasteiger partial charge in [0.15, 0.2) is 0 Å². The van der Waals surface area contributed by atoms with Crippen molar-refractivity contribution in [1.82, 2.24) is 10.3 Å². The lowest BCUT2D eigenvalue weighted by molar-refractivity contribution is -0.119. The normalized spacial score (nSPS) is 17.8.